The highest BCUT2D eigenvalue weighted by atomic mass is 79.9. The zero-order valence-corrected chi connectivity index (χ0v) is 14.6. The van der Waals surface area contributed by atoms with Gasteiger partial charge >= 0.3 is 0 Å². The number of likely N-dealkylation sites (N-methyl/N-ethyl adjacent to an activating group) is 1. The van der Waals surface area contributed by atoms with Crippen LogP contribution in [0, 0.1) is 0 Å². The third-order valence-corrected chi connectivity index (χ3v) is 3.89. The molecule has 2 amide bonds. The molecule has 7 heteroatoms. The molecule has 23 heavy (non-hydrogen) atoms. The lowest BCUT2D eigenvalue weighted by Gasteiger charge is -2.18. The minimum absolute atomic E-state index is 0.118. The smallest absolute Gasteiger partial charge is 0.257 e. The van der Waals surface area contributed by atoms with Crippen molar-refractivity contribution >= 4 is 45.0 Å². The highest BCUT2D eigenvalue weighted by molar-refractivity contribution is 9.10. The van der Waals surface area contributed by atoms with E-state index >= 15 is 0 Å². The number of halogens is 2. The Labute approximate surface area is 147 Å². The van der Waals surface area contributed by atoms with Crippen LogP contribution in [0.25, 0.3) is 0 Å². The Morgan fingerprint density at radius 1 is 1.26 bits per heavy atom. The summed E-state index contributed by atoms with van der Waals surface area (Å²) in [6, 6.07) is 11.4. The third kappa shape index (κ3) is 4.46. The molecule has 0 aliphatic heterocycles. The fourth-order valence-corrected chi connectivity index (χ4v) is 2.47. The summed E-state index contributed by atoms with van der Waals surface area (Å²) < 4.78 is 0.660. The number of phenolic OH excluding ortho intramolecular Hbond substituents is 1. The van der Waals surface area contributed by atoms with Crippen molar-refractivity contribution in [3.05, 3.63) is 57.5 Å². The molecule has 0 heterocycles. The molecule has 0 radical (unpaired) electrons. The number of rotatable bonds is 4. The van der Waals surface area contributed by atoms with Crippen molar-refractivity contribution in [3.63, 3.8) is 0 Å². The van der Waals surface area contributed by atoms with Gasteiger partial charge in [0.1, 0.15) is 5.75 Å². The second-order valence-electron chi connectivity index (χ2n) is 4.85. The monoisotopic (exact) mass is 396 g/mol. The molecule has 2 aromatic carbocycles. The van der Waals surface area contributed by atoms with Gasteiger partial charge in [-0.25, -0.2) is 0 Å². The van der Waals surface area contributed by atoms with Gasteiger partial charge in [0.15, 0.2) is 0 Å². The molecule has 0 spiro atoms. The Morgan fingerprint density at radius 2 is 1.96 bits per heavy atom. The first-order valence-corrected chi connectivity index (χ1v) is 7.84. The van der Waals surface area contributed by atoms with Gasteiger partial charge in [-0.05, 0) is 30.3 Å². The Balaban J connectivity index is 2.05. The zero-order chi connectivity index (χ0) is 17.0. The van der Waals surface area contributed by atoms with Crippen molar-refractivity contribution in [2.75, 3.05) is 18.9 Å². The third-order valence-electron chi connectivity index (χ3n) is 3.06. The molecule has 2 rings (SSSR count). The Morgan fingerprint density at radius 3 is 2.65 bits per heavy atom. The van der Waals surface area contributed by atoms with E-state index < -0.39 is 5.91 Å². The van der Waals surface area contributed by atoms with Gasteiger partial charge in [0.05, 0.1) is 22.8 Å². The van der Waals surface area contributed by atoms with E-state index in [1.54, 1.807) is 30.3 Å². The Bertz CT molecular complexity index is 752. The average Bonchev–Trinajstić information content (AvgIpc) is 2.51. The second kappa shape index (κ2) is 7.48. The molecule has 2 aromatic rings. The predicted molar refractivity (Wildman–Crippen MR) is 92.8 cm³/mol. The van der Waals surface area contributed by atoms with Crippen LogP contribution in [-0.4, -0.2) is 35.4 Å². The first-order chi connectivity index (χ1) is 10.9. The molecule has 5 nitrogen and oxygen atoms in total. The molecular weight excluding hydrogens is 384 g/mol. The topological polar surface area (TPSA) is 69.6 Å². The maximum Gasteiger partial charge on any atom is 0.257 e. The number of amides is 2. The average molecular weight is 398 g/mol. The fourth-order valence-electron chi connectivity index (χ4n) is 1.92. The number of nitrogens with zero attached hydrogens (tertiary/aromatic N) is 1. The van der Waals surface area contributed by atoms with Gasteiger partial charge in [-0.15, -0.1) is 0 Å². The van der Waals surface area contributed by atoms with E-state index in [1.165, 1.54) is 24.1 Å². The van der Waals surface area contributed by atoms with E-state index in [4.69, 9.17) is 11.6 Å². The summed E-state index contributed by atoms with van der Waals surface area (Å²) in [6.07, 6.45) is 0. The van der Waals surface area contributed by atoms with Crippen molar-refractivity contribution in [3.8, 4) is 5.75 Å². The van der Waals surface area contributed by atoms with E-state index in [2.05, 4.69) is 21.2 Å². The second-order valence-corrected chi connectivity index (χ2v) is 6.17. The number of aromatic hydroxyl groups is 1. The van der Waals surface area contributed by atoms with E-state index in [-0.39, 0.29) is 23.8 Å². The first kappa shape index (κ1) is 17.3. The summed E-state index contributed by atoms with van der Waals surface area (Å²) in [7, 11) is 1.48. The largest absolute Gasteiger partial charge is 0.507 e. The van der Waals surface area contributed by atoms with Crippen LogP contribution in [-0.2, 0) is 4.79 Å². The maximum atomic E-state index is 12.3. The van der Waals surface area contributed by atoms with E-state index in [0.717, 1.165) is 0 Å². The van der Waals surface area contributed by atoms with Crippen molar-refractivity contribution in [2.45, 2.75) is 0 Å². The van der Waals surface area contributed by atoms with Crippen LogP contribution in [0.2, 0.25) is 5.02 Å². The zero-order valence-electron chi connectivity index (χ0n) is 12.2. The number of hydrogen-bond acceptors (Lipinski definition) is 3. The summed E-state index contributed by atoms with van der Waals surface area (Å²) >= 11 is 9.21. The highest BCUT2D eigenvalue weighted by Gasteiger charge is 2.18. The Hall–Kier alpha value is -2.05. The number of carbonyl (C=O) groups excluding carboxylic acids is 2. The highest BCUT2D eigenvalue weighted by Crippen LogP contribution is 2.23. The SMILES string of the molecule is CN(CC(=O)Nc1ccccc1Cl)C(=O)c1cc(Br)ccc1O. The number of carbonyl (C=O) groups is 2. The van der Waals surface area contributed by atoms with Crippen molar-refractivity contribution in [2.24, 2.45) is 0 Å². The van der Waals surface area contributed by atoms with Gasteiger partial charge in [0, 0.05) is 11.5 Å². The van der Waals surface area contributed by atoms with Crippen LogP contribution >= 0.6 is 27.5 Å². The Kier molecular flexibility index (Phi) is 5.63. The summed E-state index contributed by atoms with van der Waals surface area (Å²) in [4.78, 5) is 25.6. The minimum Gasteiger partial charge on any atom is -0.507 e. The molecular formula is C16H14BrClN2O3. The maximum absolute atomic E-state index is 12.3. The van der Waals surface area contributed by atoms with Crippen molar-refractivity contribution in [1.29, 1.82) is 0 Å². The normalized spacial score (nSPS) is 10.2. The van der Waals surface area contributed by atoms with E-state index in [9.17, 15) is 14.7 Å². The quantitative estimate of drug-likeness (QED) is 0.829. The predicted octanol–water partition coefficient (Wildman–Crippen LogP) is 3.52. The van der Waals surface area contributed by atoms with Gasteiger partial charge in [0.2, 0.25) is 5.91 Å². The van der Waals surface area contributed by atoms with E-state index in [1.807, 2.05) is 0 Å². The molecule has 0 bridgehead atoms. The lowest BCUT2D eigenvalue weighted by atomic mass is 10.2. The van der Waals surface area contributed by atoms with Crippen LogP contribution < -0.4 is 5.32 Å². The van der Waals surface area contributed by atoms with Gasteiger partial charge < -0.3 is 15.3 Å². The molecule has 0 saturated heterocycles. The molecule has 2 N–H and O–H groups in total. The fraction of sp³-hybridized carbons (Fsp3) is 0.125. The molecule has 0 unspecified atom stereocenters. The van der Waals surface area contributed by atoms with Gasteiger partial charge in [0.25, 0.3) is 5.91 Å². The molecule has 0 aromatic heterocycles. The summed E-state index contributed by atoms with van der Waals surface area (Å²) in [5.74, 6) is -0.988. The number of nitrogens with one attached hydrogen (secondary N) is 1. The van der Waals surface area contributed by atoms with E-state index in [0.29, 0.717) is 15.2 Å². The van der Waals surface area contributed by atoms with Crippen molar-refractivity contribution < 1.29 is 14.7 Å². The van der Waals surface area contributed by atoms with Crippen LogP contribution in [0.5, 0.6) is 5.75 Å². The minimum atomic E-state index is -0.460. The van der Waals surface area contributed by atoms with Crippen LogP contribution in [0.1, 0.15) is 10.4 Å². The molecule has 0 saturated carbocycles. The van der Waals surface area contributed by atoms with Crippen molar-refractivity contribution in [1.82, 2.24) is 4.90 Å². The van der Waals surface area contributed by atoms with Crippen LogP contribution in [0.3, 0.4) is 0 Å². The molecule has 120 valence electrons. The lowest BCUT2D eigenvalue weighted by molar-refractivity contribution is -0.116. The number of para-hydroxylation sites is 1. The molecule has 0 atom stereocenters. The van der Waals surface area contributed by atoms with Gasteiger partial charge in [-0.2, -0.15) is 0 Å². The van der Waals surface area contributed by atoms with Crippen LogP contribution in [0.4, 0.5) is 5.69 Å². The summed E-state index contributed by atoms with van der Waals surface area (Å²) in [5, 5.41) is 12.8. The standard InChI is InChI=1S/C16H14BrClN2O3/c1-20(16(23)11-8-10(17)6-7-14(11)21)9-15(22)19-13-5-3-2-4-12(13)18/h2-8,21H,9H2,1H3,(H,19,22). The molecule has 0 aliphatic rings. The number of benzene rings is 2. The number of anilines is 1. The van der Waals surface area contributed by atoms with Crippen LogP contribution in [0.15, 0.2) is 46.9 Å². The lowest BCUT2D eigenvalue weighted by Crippen LogP contribution is -2.35. The first-order valence-electron chi connectivity index (χ1n) is 6.67. The molecule has 0 fully saturated rings. The van der Waals surface area contributed by atoms with Gasteiger partial charge in [-0.3, -0.25) is 9.59 Å². The summed E-state index contributed by atoms with van der Waals surface area (Å²) in [6.45, 7) is -0.171. The number of phenols is 1. The summed E-state index contributed by atoms with van der Waals surface area (Å²) in [5.41, 5.74) is 0.595. The number of hydrogen-bond donors (Lipinski definition) is 2. The van der Waals surface area contributed by atoms with Gasteiger partial charge in [-0.1, -0.05) is 39.7 Å². The molecule has 0 aliphatic carbocycles.